The fourth-order valence-corrected chi connectivity index (χ4v) is 2.75. The minimum Gasteiger partial charge on any atom is -0.398 e. The highest BCUT2D eigenvalue weighted by Gasteiger charge is 2.16. The minimum atomic E-state index is -3.64. The predicted octanol–water partition coefficient (Wildman–Crippen LogP) is 0.600. The van der Waals surface area contributed by atoms with E-state index < -0.39 is 10.0 Å². The molecule has 1 aromatic carbocycles. The number of sulfonamides is 1. The van der Waals surface area contributed by atoms with Gasteiger partial charge in [0.25, 0.3) is 0 Å². The van der Waals surface area contributed by atoms with E-state index in [1.807, 2.05) is 0 Å². The van der Waals surface area contributed by atoms with Crippen LogP contribution >= 0.6 is 11.6 Å². The van der Waals surface area contributed by atoms with E-state index in [0.717, 1.165) is 0 Å². The van der Waals surface area contributed by atoms with Crippen LogP contribution in [0.3, 0.4) is 0 Å². The molecule has 0 aliphatic rings. The molecule has 1 aromatic rings. The van der Waals surface area contributed by atoms with Crippen molar-refractivity contribution in [2.24, 2.45) is 0 Å². The van der Waals surface area contributed by atoms with Gasteiger partial charge in [0, 0.05) is 18.2 Å². The maximum absolute atomic E-state index is 11.9. The van der Waals surface area contributed by atoms with Crippen molar-refractivity contribution in [3.05, 3.63) is 23.2 Å². The van der Waals surface area contributed by atoms with Gasteiger partial charge in [0.15, 0.2) is 0 Å². The van der Waals surface area contributed by atoms with Crippen LogP contribution in [0, 0.1) is 0 Å². The van der Waals surface area contributed by atoms with Gasteiger partial charge < -0.3 is 15.6 Å². The maximum atomic E-state index is 11.9. The van der Waals surface area contributed by atoms with Gasteiger partial charge in [0.1, 0.15) is 4.90 Å². The van der Waals surface area contributed by atoms with Crippen LogP contribution in [0.1, 0.15) is 6.42 Å². The van der Waals surface area contributed by atoms with Gasteiger partial charge in [0.2, 0.25) is 10.0 Å². The molecule has 1 rings (SSSR count). The number of hydrogen-bond donors (Lipinski definition) is 3. The van der Waals surface area contributed by atoms with Crippen LogP contribution in [-0.2, 0) is 14.8 Å². The van der Waals surface area contributed by atoms with E-state index in [-0.39, 0.29) is 30.3 Å². The number of ether oxygens (including phenoxy) is 1. The minimum absolute atomic E-state index is 0.00757. The van der Waals surface area contributed by atoms with Crippen molar-refractivity contribution in [3.8, 4) is 0 Å². The molecule has 4 N–H and O–H groups in total. The monoisotopic (exact) mass is 308 g/mol. The van der Waals surface area contributed by atoms with E-state index in [1.165, 1.54) is 18.2 Å². The fraction of sp³-hybridized carbons (Fsp3) is 0.455. The van der Waals surface area contributed by atoms with E-state index in [9.17, 15) is 8.42 Å². The summed E-state index contributed by atoms with van der Waals surface area (Å²) in [6.45, 7) is 0.804. The molecule has 108 valence electrons. The van der Waals surface area contributed by atoms with Gasteiger partial charge >= 0.3 is 0 Å². The highest BCUT2D eigenvalue weighted by molar-refractivity contribution is 7.89. The quantitative estimate of drug-likeness (QED) is 0.482. The Balaban J connectivity index is 2.52. The first-order valence-electron chi connectivity index (χ1n) is 5.70. The van der Waals surface area contributed by atoms with Crippen LogP contribution in [-0.4, -0.2) is 39.9 Å². The number of aliphatic hydroxyl groups excluding tert-OH is 1. The number of halogens is 1. The van der Waals surface area contributed by atoms with Gasteiger partial charge in [-0.2, -0.15) is 0 Å². The summed E-state index contributed by atoms with van der Waals surface area (Å²) in [5.41, 5.74) is 5.73. The van der Waals surface area contributed by atoms with Crippen molar-refractivity contribution in [1.82, 2.24) is 4.72 Å². The molecule has 19 heavy (non-hydrogen) atoms. The zero-order valence-corrected chi connectivity index (χ0v) is 11.9. The van der Waals surface area contributed by atoms with Crippen molar-refractivity contribution >= 4 is 27.3 Å². The summed E-state index contributed by atoms with van der Waals surface area (Å²) < 4.78 is 31.3. The number of aliphatic hydroxyl groups is 1. The zero-order chi connectivity index (χ0) is 14.3. The van der Waals surface area contributed by atoms with E-state index in [0.29, 0.717) is 18.1 Å². The molecule has 0 atom stereocenters. The molecule has 0 unspecified atom stereocenters. The molecule has 0 aliphatic heterocycles. The molecular weight excluding hydrogens is 292 g/mol. The van der Waals surface area contributed by atoms with Gasteiger partial charge in [-0.25, -0.2) is 13.1 Å². The lowest BCUT2D eigenvalue weighted by Crippen LogP contribution is -2.26. The third kappa shape index (κ3) is 5.33. The Bertz CT molecular complexity index is 507. The molecule has 0 aliphatic carbocycles. The molecule has 0 radical (unpaired) electrons. The first kappa shape index (κ1) is 16.2. The van der Waals surface area contributed by atoms with Gasteiger partial charge in [-0.1, -0.05) is 11.6 Å². The van der Waals surface area contributed by atoms with Crippen LogP contribution in [0.4, 0.5) is 5.69 Å². The van der Waals surface area contributed by atoms with Crippen molar-refractivity contribution < 1.29 is 18.3 Å². The molecule has 0 saturated carbocycles. The molecule has 0 amide bonds. The highest BCUT2D eigenvalue weighted by Crippen LogP contribution is 2.22. The first-order chi connectivity index (χ1) is 8.97. The van der Waals surface area contributed by atoms with Crippen LogP contribution in [0.5, 0.6) is 0 Å². The number of benzene rings is 1. The second-order valence-electron chi connectivity index (χ2n) is 3.77. The Morgan fingerprint density at radius 3 is 2.74 bits per heavy atom. The number of nitrogens with two attached hydrogens (primary N) is 1. The topological polar surface area (TPSA) is 102 Å². The van der Waals surface area contributed by atoms with Gasteiger partial charge in [-0.3, -0.25) is 0 Å². The SMILES string of the molecule is Nc1cc(Cl)ccc1S(=O)(=O)NCCCOCCO. The van der Waals surface area contributed by atoms with Crippen LogP contribution in [0.25, 0.3) is 0 Å². The molecule has 6 nitrogen and oxygen atoms in total. The zero-order valence-electron chi connectivity index (χ0n) is 10.3. The van der Waals surface area contributed by atoms with Gasteiger partial charge in [-0.15, -0.1) is 0 Å². The summed E-state index contributed by atoms with van der Waals surface area (Å²) in [5.74, 6) is 0. The normalized spacial score (nSPS) is 11.7. The molecule has 0 heterocycles. The number of rotatable bonds is 8. The summed E-state index contributed by atoms with van der Waals surface area (Å²) >= 11 is 5.71. The second-order valence-corrected chi connectivity index (χ2v) is 5.94. The Morgan fingerprint density at radius 2 is 2.11 bits per heavy atom. The average molecular weight is 309 g/mol. The van der Waals surface area contributed by atoms with Gasteiger partial charge in [-0.05, 0) is 24.6 Å². The molecule has 0 bridgehead atoms. The standard InChI is InChI=1S/C11H17ClN2O4S/c12-9-2-3-11(10(13)8-9)19(16,17)14-4-1-6-18-7-5-15/h2-3,8,14-15H,1,4-7,13H2. The molecule has 8 heteroatoms. The lowest BCUT2D eigenvalue weighted by molar-refractivity contribution is 0.0913. The smallest absolute Gasteiger partial charge is 0.242 e. The summed E-state index contributed by atoms with van der Waals surface area (Å²) in [6.07, 6.45) is 0.507. The largest absolute Gasteiger partial charge is 0.398 e. The Kier molecular flexibility index (Phi) is 6.53. The second kappa shape index (κ2) is 7.66. The molecule has 0 aromatic heterocycles. The van der Waals surface area contributed by atoms with E-state index in [2.05, 4.69) is 4.72 Å². The average Bonchev–Trinajstić information content (AvgIpc) is 2.33. The summed E-state index contributed by atoms with van der Waals surface area (Å²) in [5, 5.41) is 8.88. The van der Waals surface area contributed by atoms with Crippen LogP contribution in [0.15, 0.2) is 23.1 Å². The summed E-state index contributed by atoms with van der Waals surface area (Å²) in [7, 11) is -3.64. The van der Waals surface area contributed by atoms with Crippen LogP contribution in [0.2, 0.25) is 5.02 Å². The lowest BCUT2D eigenvalue weighted by atomic mass is 10.3. The summed E-state index contributed by atoms with van der Waals surface area (Å²) in [6, 6.07) is 4.22. The molecular formula is C11H17ClN2O4S. The predicted molar refractivity (Wildman–Crippen MR) is 73.6 cm³/mol. The number of anilines is 1. The van der Waals surface area contributed by atoms with E-state index >= 15 is 0 Å². The van der Waals surface area contributed by atoms with E-state index in [4.69, 9.17) is 27.2 Å². The molecule has 0 saturated heterocycles. The van der Waals surface area contributed by atoms with Crippen molar-refractivity contribution in [3.63, 3.8) is 0 Å². The van der Waals surface area contributed by atoms with Crippen LogP contribution < -0.4 is 10.5 Å². The third-order valence-electron chi connectivity index (χ3n) is 2.25. The van der Waals surface area contributed by atoms with Crippen molar-refractivity contribution in [2.45, 2.75) is 11.3 Å². The Labute approximate surface area is 117 Å². The van der Waals surface area contributed by atoms with Crippen molar-refractivity contribution in [2.75, 3.05) is 32.1 Å². The van der Waals surface area contributed by atoms with E-state index in [1.54, 1.807) is 0 Å². The fourth-order valence-electron chi connectivity index (χ4n) is 1.39. The van der Waals surface area contributed by atoms with Crippen molar-refractivity contribution in [1.29, 1.82) is 0 Å². The lowest BCUT2D eigenvalue weighted by Gasteiger charge is -2.09. The number of nitrogens with one attached hydrogen (secondary N) is 1. The maximum Gasteiger partial charge on any atom is 0.242 e. The molecule has 0 spiro atoms. The summed E-state index contributed by atoms with van der Waals surface area (Å²) in [4.78, 5) is 0.00757. The third-order valence-corrected chi connectivity index (χ3v) is 4.02. The highest BCUT2D eigenvalue weighted by atomic mass is 35.5. The number of nitrogen functional groups attached to an aromatic ring is 1. The Morgan fingerprint density at radius 1 is 1.37 bits per heavy atom. The number of hydrogen-bond acceptors (Lipinski definition) is 5. The Hall–Kier alpha value is -0.860. The first-order valence-corrected chi connectivity index (χ1v) is 7.57. The molecule has 0 fully saturated rings. The van der Waals surface area contributed by atoms with Gasteiger partial charge in [0.05, 0.1) is 18.9 Å².